The van der Waals surface area contributed by atoms with E-state index in [0.29, 0.717) is 19.5 Å². The first-order valence-electron chi connectivity index (χ1n) is 5.94. The third kappa shape index (κ3) is 5.61. The highest BCUT2D eigenvalue weighted by molar-refractivity contribution is 7.89. The van der Waals surface area contributed by atoms with Crippen LogP contribution >= 0.6 is 0 Å². The van der Waals surface area contributed by atoms with E-state index in [2.05, 4.69) is 31.2 Å². The van der Waals surface area contributed by atoms with E-state index in [1.165, 1.54) is 0 Å². The lowest BCUT2D eigenvalue weighted by Gasteiger charge is -2.18. The lowest BCUT2D eigenvalue weighted by atomic mass is 10.1. The second-order valence-electron chi connectivity index (χ2n) is 5.36. The van der Waals surface area contributed by atoms with Crippen molar-refractivity contribution in [3.8, 4) is 0 Å². The molecule has 1 aromatic rings. The Kier molecular flexibility index (Phi) is 4.89. The van der Waals surface area contributed by atoms with Gasteiger partial charge in [-0.15, -0.1) is 0 Å². The summed E-state index contributed by atoms with van der Waals surface area (Å²) in [5.74, 6) is 0.0151. The third-order valence-electron chi connectivity index (χ3n) is 2.43. The molecule has 0 saturated heterocycles. The highest BCUT2D eigenvalue weighted by Gasteiger charge is 2.13. The zero-order chi connectivity index (χ0) is 13.8. The van der Waals surface area contributed by atoms with E-state index >= 15 is 0 Å². The predicted octanol–water partition coefficient (Wildman–Crippen LogP) is 0.406. The van der Waals surface area contributed by atoms with Crippen molar-refractivity contribution in [3.63, 3.8) is 0 Å². The Morgan fingerprint density at radius 1 is 1.44 bits per heavy atom. The molecule has 6 nitrogen and oxygen atoms in total. The molecule has 0 saturated carbocycles. The molecule has 1 aromatic heterocycles. The molecule has 7 heteroatoms. The number of nitrogens with one attached hydrogen (secondary N) is 1. The molecule has 18 heavy (non-hydrogen) atoms. The maximum atomic E-state index is 10.7. The van der Waals surface area contributed by atoms with Gasteiger partial charge in [-0.05, 0) is 33.7 Å². The van der Waals surface area contributed by atoms with Crippen LogP contribution in [0.15, 0.2) is 12.4 Å². The van der Waals surface area contributed by atoms with E-state index in [-0.39, 0.29) is 11.3 Å². The summed E-state index contributed by atoms with van der Waals surface area (Å²) in [6.07, 6.45) is 4.33. The molecule has 0 bridgehead atoms. The smallest absolute Gasteiger partial charge is 0.209 e. The minimum absolute atomic E-state index is 0.0151. The van der Waals surface area contributed by atoms with Crippen molar-refractivity contribution in [3.05, 3.63) is 18.0 Å². The standard InChI is InChI=1S/C11H22N4O2S/c1-11(2,3)15-9-10(8-14-15)7-13-5-4-6-18(12,16)17/h8-9,13H,4-7H2,1-3H3,(H2,12,16,17). The monoisotopic (exact) mass is 274 g/mol. The summed E-state index contributed by atoms with van der Waals surface area (Å²) in [6, 6.07) is 0. The van der Waals surface area contributed by atoms with Crippen molar-refractivity contribution in [2.45, 2.75) is 39.3 Å². The molecule has 0 amide bonds. The van der Waals surface area contributed by atoms with Crippen molar-refractivity contribution in [2.24, 2.45) is 5.14 Å². The van der Waals surface area contributed by atoms with Gasteiger partial charge in [-0.1, -0.05) is 0 Å². The van der Waals surface area contributed by atoms with Crippen molar-refractivity contribution in [1.82, 2.24) is 15.1 Å². The molecule has 0 fully saturated rings. The van der Waals surface area contributed by atoms with Gasteiger partial charge in [0, 0.05) is 18.3 Å². The molecular formula is C11H22N4O2S. The normalized spacial score (nSPS) is 12.9. The average Bonchev–Trinajstić information content (AvgIpc) is 2.63. The van der Waals surface area contributed by atoms with Gasteiger partial charge < -0.3 is 5.32 Å². The van der Waals surface area contributed by atoms with Gasteiger partial charge in [0.2, 0.25) is 10.0 Å². The minimum Gasteiger partial charge on any atom is -0.313 e. The van der Waals surface area contributed by atoms with Gasteiger partial charge in [-0.25, -0.2) is 13.6 Å². The fourth-order valence-corrected chi connectivity index (χ4v) is 2.00. The number of nitrogens with two attached hydrogens (primary N) is 1. The number of aromatic nitrogens is 2. The van der Waals surface area contributed by atoms with E-state index in [0.717, 1.165) is 5.56 Å². The van der Waals surface area contributed by atoms with Gasteiger partial charge in [0.05, 0.1) is 17.5 Å². The SMILES string of the molecule is CC(C)(C)n1cc(CNCCCS(N)(=O)=O)cn1. The van der Waals surface area contributed by atoms with Gasteiger partial charge in [0.15, 0.2) is 0 Å². The lowest BCUT2D eigenvalue weighted by Crippen LogP contribution is -2.23. The van der Waals surface area contributed by atoms with E-state index < -0.39 is 10.0 Å². The predicted molar refractivity (Wildman–Crippen MR) is 71.5 cm³/mol. The van der Waals surface area contributed by atoms with E-state index in [9.17, 15) is 8.42 Å². The maximum absolute atomic E-state index is 10.7. The lowest BCUT2D eigenvalue weighted by molar-refractivity contribution is 0.355. The Hall–Kier alpha value is -0.920. The topological polar surface area (TPSA) is 90.0 Å². The van der Waals surface area contributed by atoms with Crippen LogP contribution in [0.1, 0.15) is 32.8 Å². The fourth-order valence-electron chi connectivity index (χ4n) is 1.45. The van der Waals surface area contributed by atoms with Crippen LogP contribution < -0.4 is 10.5 Å². The average molecular weight is 274 g/mol. The highest BCUT2D eigenvalue weighted by atomic mass is 32.2. The van der Waals surface area contributed by atoms with Crippen LogP contribution in [0, 0.1) is 0 Å². The maximum Gasteiger partial charge on any atom is 0.209 e. The van der Waals surface area contributed by atoms with Crippen LogP contribution in [0.4, 0.5) is 0 Å². The van der Waals surface area contributed by atoms with E-state index in [1.807, 2.05) is 17.1 Å². The molecule has 1 heterocycles. The van der Waals surface area contributed by atoms with Crippen LogP contribution in [0.25, 0.3) is 0 Å². The number of sulfonamides is 1. The van der Waals surface area contributed by atoms with Gasteiger partial charge >= 0.3 is 0 Å². The Bertz CT molecular complexity index is 473. The first-order chi connectivity index (χ1) is 8.18. The highest BCUT2D eigenvalue weighted by Crippen LogP contribution is 2.12. The van der Waals surface area contributed by atoms with Crippen molar-refractivity contribution < 1.29 is 8.42 Å². The van der Waals surface area contributed by atoms with Gasteiger partial charge in [0.1, 0.15) is 0 Å². The summed E-state index contributed by atoms with van der Waals surface area (Å²) >= 11 is 0. The second kappa shape index (κ2) is 5.81. The summed E-state index contributed by atoms with van der Waals surface area (Å²) in [6.45, 7) is 7.56. The molecule has 0 unspecified atom stereocenters. The number of hydrogen-bond donors (Lipinski definition) is 2. The first-order valence-corrected chi connectivity index (χ1v) is 7.65. The van der Waals surface area contributed by atoms with Gasteiger partial charge in [0.25, 0.3) is 0 Å². The number of primary sulfonamides is 1. The van der Waals surface area contributed by atoms with Crippen molar-refractivity contribution >= 4 is 10.0 Å². The Morgan fingerprint density at radius 3 is 2.61 bits per heavy atom. The van der Waals surface area contributed by atoms with E-state index in [4.69, 9.17) is 5.14 Å². The molecule has 0 aliphatic heterocycles. The molecule has 104 valence electrons. The minimum atomic E-state index is -3.34. The van der Waals surface area contributed by atoms with E-state index in [1.54, 1.807) is 0 Å². The van der Waals surface area contributed by atoms with Crippen LogP contribution in [-0.2, 0) is 22.1 Å². The van der Waals surface area contributed by atoms with Crippen LogP contribution in [0.5, 0.6) is 0 Å². The summed E-state index contributed by atoms with van der Waals surface area (Å²) < 4.78 is 23.3. The fraction of sp³-hybridized carbons (Fsp3) is 0.727. The number of rotatable bonds is 6. The molecule has 0 radical (unpaired) electrons. The van der Waals surface area contributed by atoms with Gasteiger partial charge in [-0.3, -0.25) is 4.68 Å². The first kappa shape index (κ1) is 15.1. The summed E-state index contributed by atoms with van der Waals surface area (Å²) in [5, 5.41) is 12.4. The zero-order valence-electron chi connectivity index (χ0n) is 11.2. The quantitative estimate of drug-likeness (QED) is 0.735. The molecule has 0 aliphatic carbocycles. The van der Waals surface area contributed by atoms with Gasteiger partial charge in [-0.2, -0.15) is 5.10 Å². The van der Waals surface area contributed by atoms with Crippen molar-refractivity contribution in [2.75, 3.05) is 12.3 Å². The van der Waals surface area contributed by atoms with Crippen LogP contribution in [0.2, 0.25) is 0 Å². The Balaban J connectivity index is 2.30. The summed E-state index contributed by atoms with van der Waals surface area (Å²) in [4.78, 5) is 0. The zero-order valence-corrected chi connectivity index (χ0v) is 12.0. The molecule has 1 rings (SSSR count). The molecule has 0 spiro atoms. The van der Waals surface area contributed by atoms with Crippen molar-refractivity contribution in [1.29, 1.82) is 0 Å². The third-order valence-corrected chi connectivity index (χ3v) is 3.29. The molecule has 0 atom stereocenters. The molecule has 0 aromatic carbocycles. The number of nitrogens with zero attached hydrogens (tertiary/aromatic N) is 2. The molecule has 3 N–H and O–H groups in total. The molecular weight excluding hydrogens is 252 g/mol. The summed E-state index contributed by atoms with van der Waals surface area (Å²) in [7, 11) is -3.34. The number of hydrogen-bond acceptors (Lipinski definition) is 4. The van der Waals surface area contributed by atoms with Crippen LogP contribution in [0.3, 0.4) is 0 Å². The molecule has 0 aliphatic rings. The summed E-state index contributed by atoms with van der Waals surface area (Å²) in [5.41, 5.74) is 1.06. The largest absolute Gasteiger partial charge is 0.313 e. The Morgan fingerprint density at radius 2 is 2.11 bits per heavy atom. The second-order valence-corrected chi connectivity index (χ2v) is 7.10. The Labute approximate surface area is 109 Å². The van der Waals surface area contributed by atoms with Crippen LogP contribution in [-0.4, -0.2) is 30.5 Å².